The molecular formula is C20H27N3O3. The van der Waals surface area contributed by atoms with Crippen LogP contribution in [0.5, 0.6) is 5.75 Å². The van der Waals surface area contributed by atoms with Gasteiger partial charge in [-0.3, -0.25) is 4.90 Å². The standard InChI is InChI=1S/C20H27N3O3/c24-19-9-16-12-23(13-17(16)10-20(19)25)11-15-1-3-18(4-2-15)26-8-7-22-6-5-21-14-22/h1-6,14,16-17,19-20,24-25H,7-13H2/t16-,17+,19+,20-. The monoisotopic (exact) mass is 357 g/mol. The predicted molar refractivity (Wildman–Crippen MR) is 97.7 cm³/mol. The molecule has 26 heavy (non-hydrogen) atoms. The van der Waals surface area contributed by atoms with Gasteiger partial charge in [-0.2, -0.15) is 0 Å². The lowest BCUT2D eigenvalue weighted by Gasteiger charge is -2.32. The third kappa shape index (κ3) is 4.09. The number of likely N-dealkylation sites (tertiary alicyclic amines) is 1. The molecule has 1 aromatic carbocycles. The van der Waals surface area contributed by atoms with E-state index in [0.29, 0.717) is 18.4 Å². The molecule has 6 heteroatoms. The molecule has 4 rings (SSSR count). The van der Waals surface area contributed by atoms with Crippen molar-refractivity contribution in [3.05, 3.63) is 48.5 Å². The number of ether oxygens (including phenoxy) is 1. The summed E-state index contributed by atoms with van der Waals surface area (Å²) >= 11 is 0. The van der Waals surface area contributed by atoms with Gasteiger partial charge in [0.2, 0.25) is 0 Å². The van der Waals surface area contributed by atoms with E-state index in [0.717, 1.165) is 44.8 Å². The minimum absolute atomic E-state index is 0.513. The molecular weight excluding hydrogens is 330 g/mol. The maximum absolute atomic E-state index is 9.88. The number of hydrogen-bond acceptors (Lipinski definition) is 5. The minimum atomic E-state index is -0.546. The van der Waals surface area contributed by atoms with Gasteiger partial charge in [0.1, 0.15) is 12.4 Å². The molecule has 0 radical (unpaired) electrons. The van der Waals surface area contributed by atoms with Crippen LogP contribution in [0.1, 0.15) is 18.4 Å². The number of hydrogen-bond donors (Lipinski definition) is 2. The zero-order chi connectivity index (χ0) is 17.9. The fraction of sp³-hybridized carbons (Fsp3) is 0.550. The Labute approximate surface area is 154 Å². The fourth-order valence-corrected chi connectivity index (χ4v) is 4.27. The van der Waals surface area contributed by atoms with E-state index in [1.165, 1.54) is 5.56 Å². The molecule has 1 saturated heterocycles. The highest BCUT2D eigenvalue weighted by Gasteiger charge is 2.40. The number of benzene rings is 1. The summed E-state index contributed by atoms with van der Waals surface area (Å²) in [5, 5.41) is 19.8. The number of fused-ring (bicyclic) bond motifs is 1. The van der Waals surface area contributed by atoms with Crippen molar-refractivity contribution in [1.29, 1.82) is 0 Å². The smallest absolute Gasteiger partial charge is 0.119 e. The van der Waals surface area contributed by atoms with Crippen LogP contribution in [0.25, 0.3) is 0 Å². The van der Waals surface area contributed by atoms with Crippen LogP contribution in [-0.4, -0.2) is 56.6 Å². The molecule has 2 fully saturated rings. The van der Waals surface area contributed by atoms with Gasteiger partial charge in [0, 0.05) is 32.0 Å². The molecule has 6 nitrogen and oxygen atoms in total. The fourth-order valence-electron chi connectivity index (χ4n) is 4.27. The first-order valence-electron chi connectivity index (χ1n) is 9.43. The van der Waals surface area contributed by atoms with E-state index in [2.05, 4.69) is 22.0 Å². The van der Waals surface area contributed by atoms with E-state index in [1.54, 1.807) is 12.5 Å². The average Bonchev–Trinajstić information content (AvgIpc) is 3.26. The van der Waals surface area contributed by atoms with Crippen LogP contribution in [0.4, 0.5) is 0 Å². The van der Waals surface area contributed by atoms with Crippen LogP contribution in [0.2, 0.25) is 0 Å². The Bertz CT molecular complexity index is 671. The van der Waals surface area contributed by atoms with Crippen molar-refractivity contribution in [3.8, 4) is 5.75 Å². The summed E-state index contributed by atoms with van der Waals surface area (Å²) in [6.07, 6.45) is 5.85. The number of nitrogens with zero attached hydrogens (tertiary/aromatic N) is 3. The van der Waals surface area contributed by atoms with Gasteiger partial charge in [0.15, 0.2) is 0 Å². The lowest BCUT2D eigenvalue weighted by molar-refractivity contribution is -0.0372. The molecule has 1 aliphatic heterocycles. The van der Waals surface area contributed by atoms with E-state index >= 15 is 0 Å². The Kier molecular flexibility index (Phi) is 5.24. The number of aliphatic hydroxyl groups excluding tert-OH is 2. The predicted octanol–water partition coefficient (Wildman–Crippen LogP) is 1.53. The van der Waals surface area contributed by atoms with Crippen LogP contribution < -0.4 is 4.74 Å². The van der Waals surface area contributed by atoms with Crippen LogP contribution in [-0.2, 0) is 13.1 Å². The zero-order valence-corrected chi connectivity index (χ0v) is 14.9. The topological polar surface area (TPSA) is 70.8 Å². The molecule has 1 aromatic heterocycles. The second kappa shape index (κ2) is 7.78. The molecule has 0 amide bonds. The molecule has 4 atom stereocenters. The Morgan fingerprint density at radius 1 is 1.04 bits per heavy atom. The first-order chi connectivity index (χ1) is 12.7. The third-order valence-corrected chi connectivity index (χ3v) is 5.69. The minimum Gasteiger partial charge on any atom is -0.492 e. The van der Waals surface area contributed by atoms with Gasteiger partial charge in [0.25, 0.3) is 0 Å². The summed E-state index contributed by atoms with van der Waals surface area (Å²) < 4.78 is 7.78. The number of rotatable bonds is 6. The van der Waals surface area contributed by atoms with Gasteiger partial charge in [0.05, 0.1) is 25.1 Å². The third-order valence-electron chi connectivity index (χ3n) is 5.69. The van der Waals surface area contributed by atoms with Crippen molar-refractivity contribution in [1.82, 2.24) is 14.5 Å². The molecule has 2 N–H and O–H groups in total. The summed E-state index contributed by atoms with van der Waals surface area (Å²) in [5.74, 6) is 1.91. The van der Waals surface area contributed by atoms with Crippen molar-refractivity contribution in [2.75, 3.05) is 19.7 Å². The number of aliphatic hydroxyl groups is 2. The van der Waals surface area contributed by atoms with Gasteiger partial charge >= 0.3 is 0 Å². The van der Waals surface area contributed by atoms with Crippen LogP contribution in [0, 0.1) is 11.8 Å². The Balaban J connectivity index is 1.25. The molecule has 0 spiro atoms. The zero-order valence-electron chi connectivity index (χ0n) is 14.9. The summed E-state index contributed by atoms with van der Waals surface area (Å²) in [6, 6.07) is 8.30. The van der Waals surface area contributed by atoms with Crippen molar-refractivity contribution >= 4 is 0 Å². The van der Waals surface area contributed by atoms with E-state index in [9.17, 15) is 10.2 Å². The lowest BCUT2D eigenvalue weighted by atomic mass is 9.79. The highest BCUT2D eigenvalue weighted by Crippen LogP contribution is 2.37. The molecule has 1 aliphatic carbocycles. The molecule has 2 aliphatic rings. The molecule has 140 valence electrons. The second-order valence-corrected chi connectivity index (χ2v) is 7.61. The van der Waals surface area contributed by atoms with Gasteiger partial charge in [-0.25, -0.2) is 4.98 Å². The molecule has 2 heterocycles. The SMILES string of the molecule is O[C@@H]1C[C@H]2CN(Cc3ccc(OCCn4ccnc4)cc3)C[C@H]2C[C@@H]1O. The number of imidazole rings is 1. The van der Waals surface area contributed by atoms with E-state index in [4.69, 9.17) is 4.74 Å². The van der Waals surface area contributed by atoms with Gasteiger partial charge < -0.3 is 19.5 Å². The Morgan fingerprint density at radius 3 is 2.35 bits per heavy atom. The summed E-state index contributed by atoms with van der Waals surface area (Å²) in [6.45, 7) is 4.34. The Hall–Kier alpha value is -1.89. The molecule has 1 saturated carbocycles. The first kappa shape index (κ1) is 17.5. The molecule has 2 aromatic rings. The van der Waals surface area contributed by atoms with Crippen molar-refractivity contribution in [2.45, 2.75) is 38.1 Å². The second-order valence-electron chi connectivity index (χ2n) is 7.61. The average molecular weight is 357 g/mol. The van der Waals surface area contributed by atoms with Gasteiger partial charge in [-0.05, 0) is 42.4 Å². The molecule has 0 unspecified atom stereocenters. The maximum atomic E-state index is 9.88. The maximum Gasteiger partial charge on any atom is 0.119 e. The highest BCUT2D eigenvalue weighted by atomic mass is 16.5. The van der Waals surface area contributed by atoms with E-state index in [-0.39, 0.29) is 0 Å². The normalized spacial score (nSPS) is 28.8. The van der Waals surface area contributed by atoms with Crippen molar-refractivity contribution in [3.63, 3.8) is 0 Å². The van der Waals surface area contributed by atoms with Gasteiger partial charge in [-0.15, -0.1) is 0 Å². The van der Waals surface area contributed by atoms with Crippen LogP contribution in [0.15, 0.2) is 43.0 Å². The summed E-state index contributed by atoms with van der Waals surface area (Å²) in [7, 11) is 0. The van der Waals surface area contributed by atoms with Crippen LogP contribution >= 0.6 is 0 Å². The van der Waals surface area contributed by atoms with E-state index < -0.39 is 12.2 Å². The summed E-state index contributed by atoms with van der Waals surface area (Å²) in [4.78, 5) is 6.46. The van der Waals surface area contributed by atoms with E-state index in [1.807, 2.05) is 22.9 Å². The van der Waals surface area contributed by atoms with Crippen LogP contribution in [0.3, 0.4) is 0 Å². The Morgan fingerprint density at radius 2 is 1.73 bits per heavy atom. The lowest BCUT2D eigenvalue weighted by Crippen LogP contribution is -2.38. The van der Waals surface area contributed by atoms with Gasteiger partial charge in [-0.1, -0.05) is 12.1 Å². The highest BCUT2D eigenvalue weighted by molar-refractivity contribution is 5.27. The van der Waals surface area contributed by atoms with Crippen molar-refractivity contribution < 1.29 is 14.9 Å². The first-order valence-corrected chi connectivity index (χ1v) is 9.43. The quantitative estimate of drug-likeness (QED) is 0.820. The largest absolute Gasteiger partial charge is 0.492 e. The molecule has 0 bridgehead atoms. The van der Waals surface area contributed by atoms with Crippen molar-refractivity contribution in [2.24, 2.45) is 11.8 Å². The summed E-state index contributed by atoms with van der Waals surface area (Å²) in [5.41, 5.74) is 1.27. The number of aromatic nitrogens is 2.